The molecule has 1 aromatic heterocycles. The van der Waals surface area contributed by atoms with Crippen LogP contribution in [0.15, 0.2) is 18.2 Å². The fourth-order valence-corrected chi connectivity index (χ4v) is 4.64. The first-order valence-electron chi connectivity index (χ1n) is 11.4. The van der Waals surface area contributed by atoms with E-state index in [9.17, 15) is 19.3 Å². The van der Waals surface area contributed by atoms with Crippen molar-refractivity contribution in [1.82, 2.24) is 15.3 Å². The lowest BCUT2D eigenvalue weighted by molar-refractivity contribution is -0.385. The zero-order valence-corrected chi connectivity index (χ0v) is 18.9. The second kappa shape index (κ2) is 9.68. The van der Waals surface area contributed by atoms with Crippen molar-refractivity contribution in [1.29, 1.82) is 0 Å². The molecule has 0 spiro atoms. The van der Waals surface area contributed by atoms with E-state index in [1.807, 2.05) is 19.0 Å². The summed E-state index contributed by atoms with van der Waals surface area (Å²) in [5.41, 5.74) is 1.83. The van der Waals surface area contributed by atoms with Crippen LogP contribution in [0.5, 0.6) is 0 Å². The molecule has 1 fully saturated rings. The lowest BCUT2D eigenvalue weighted by Gasteiger charge is -2.30. The summed E-state index contributed by atoms with van der Waals surface area (Å²) < 4.78 is 14.1. The van der Waals surface area contributed by atoms with Crippen molar-refractivity contribution < 1.29 is 14.1 Å². The Bertz CT molecular complexity index is 1050. The van der Waals surface area contributed by atoms with Gasteiger partial charge in [0.15, 0.2) is 0 Å². The van der Waals surface area contributed by atoms with Gasteiger partial charge in [0.1, 0.15) is 11.6 Å². The van der Waals surface area contributed by atoms with E-state index in [1.54, 1.807) is 0 Å². The van der Waals surface area contributed by atoms with Crippen molar-refractivity contribution >= 4 is 23.4 Å². The lowest BCUT2D eigenvalue weighted by atomic mass is 9.91. The van der Waals surface area contributed by atoms with Crippen LogP contribution in [-0.4, -0.2) is 47.0 Å². The van der Waals surface area contributed by atoms with E-state index in [4.69, 9.17) is 9.97 Å². The lowest BCUT2D eigenvalue weighted by Crippen LogP contribution is -2.40. The maximum absolute atomic E-state index is 14.1. The Hall–Kier alpha value is -3.30. The second-order valence-electron chi connectivity index (χ2n) is 8.99. The monoisotopic (exact) mass is 456 g/mol. The smallest absolute Gasteiger partial charge is 0.272 e. The highest BCUT2D eigenvalue weighted by molar-refractivity contribution is 5.94. The largest absolute Gasteiger partial charge is 0.362 e. The third-order valence-electron chi connectivity index (χ3n) is 6.39. The highest BCUT2D eigenvalue weighted by atomic mass is 19.1. The van der Waals surface area contributed by atoms with Crippen molar-refractivity contribution in [2.45, 2.75) is 63.5 Å². The minimum Gasteiger partial charge on any atom is -0.362 e. The minimum absolute atomic E-state index is 0.0769. The minimum atomic E-state index is -0.890. The van der Waals surface area contributed by atoms with Crippen LogP contribution in [0.1, 0.15) is 60.1 Å². The number of carbonyl (C=O) groups is 1. The van der Waals surface area contributed by atoms with Gasteiger partial charge >= 0.3 is 0 Å². The molecule has 2 aliphatic rings. The number of nitrogens with zero attached hydrogens (tertiary/aromatic N) is 4. The van der Waals surface area contributed by atoms with Gasteiger partial charge in [-0.3, -0.25) is 14.9 Å². The molecule has 1 heterocycles. The molecule has 33 heavy (non-hydrogen) atoms. The summed E-state index contributed by atoms with van der Waals surface area (Å²) in [5, 5.41) is 17.1. The zero-order valence-electron chi connectivity index (χ0n) is 18.9. The highest BCUT2D eigenvalue weighted by Crippen LogP contribution is 2.29. The number of nitro groups is 1. The Morgan fingerprint density at radius 3 is 2.48 bits per heavy atom. The predicted molar refractivity (Wildman–Crippen MR) is 123 cm³/mol. The number of carbonyl (C=O) groups excluding carboxylic acids is 1. The molecular weight excluding hydrogens is 427 g/mol. The summed E-state index contributed by atoms with van der Waals surface area (Å²) in [7, 11) is 4.01. The number of non-ortho nitro benzene ring substituents is 1. The third kappa shape index (κ3) is 5.20. The van der Waals surface area contributed by atoms with Crippen LogP contribution in [0.4, 0.5) is 21.8 Å². The molecule has 0 bridgehead atoms. The van der Waals surface area contributed by atoms with Crippen LogP contribution in [0.3, 0.4) is 0 Å². The summed E-state index contributed by atoms with van der Waals surface area (Å²) in [4.78, 5) is 34.1. The van der Waals surface area contributed by atoms with Crippen molar-refractivity contribution in [3.05, 3.63) is 51.0 Å². The van der Waals surface area contributed by atoms with Crippen molar-refractivity contribution in [2.24, 2.45) is 0 Å². The molecule has 2 N–H and O–H groups in total. The van der Waals surface area contributed by atoms with E-state index in [1.165, 1.54) is 12.0 Å². The first kappa shape index (κ1) is 22.9. The number of nitrogens with one attached hydrogen (secondary N) is 2. The summed E-state index contributed by atoms with van der Waals surface area (Å²) in [6, 6.07) is 3.19. The Morgan fingerprint density at radius 2 is 1.82 bits per heavy atom. The summed E-state index contributed by atoms with van der Waals surface area (Å²) in [6.45, 7) is 0. The Morgan fingerprint density at radius 1 is 1.12 bits per heavy atom. The van der Waals surface area contributed by atoms with Crippen LogP contribution in [0, 0.1) is 15.9 Å². The SMILES string of the molecule is CN(C)c1nc(N[C@H]2CC[C@@H](NC(=O)c3ccc([N+](=O)[O-])cc3F)CC2)nc2c1CCCC2. The van der Waals surface area contributed by atoms with Gasteiger partial charge in [0.2, 0.25) is 5.95 Å². The number of benzene rings is 1. The van der Waals surface area contributed by atoms with Gasteiger partial charge in [0.25, 0.3) is 11.6 Å². The number of anilines is 2. The molecule has 1 aromatic carbocycles. The van der Waals surface area contributed by atoms with Crippen LogP contribution >= 0.6 is 0 Å². The van der Waals surface area contributed by atoms with Gasteiger partial charge in [-0.15, -0.1) is 0 Å². The first-order valence-corrected chi connectivity index (χ1v) is 11.4. The predicted octanol–water partition coefficient (Wildman–Crippen LogP) is 3.62. The van der Waals surface area contributed by atoms with Crippen LogP contribution in [0.2, 0.25) is 0 Å². The van der Waals surface area contributed by atoms with Crippen molar-refractivity contribution in [3.63, 3.8) is 0 Å². The summed E-state index contributed by atoms with van der Waals surface area (Å²) >= 11 is 0. The number of aryl methyl sites for hydroxylation is 1. The second-order valence-corrected chi connectivity index (χ2v) is 8.99. The number of hydrogen-bond acceptors (Lipinski definition) is 7. The van der Waals surface area contributed by atoms with E-state index in [-0.39, 0.29) is 23.3 Å². The summed E-state index contributed by atoms with van der Waals surface area (Å²) in [6.07, 6.45) is 7.44. The normalized spacial score (nSPS) is 20.0. The Balaban J connectivity index is 1.34. The van der Waals surface area contributed by atoms with Gasteiger partial charge in [-0.1, -0.05) is 0 Å². The van der Waals surface area contributed by atoms with Gasteiger partial charge < -0.3 is 15.5 Å². The summed E-state index contributed by atoms with van der Waals surface area (Å²) in [5.74, 6) is 0.193. The van der Waals surface area contributed by atoms with Gasteiger partial charge in [0.05, 0.1) is 22.2 Å². The average Bonchev–Trinajstić information content (AvgIpc) is 2.79. The highest BCUT2D eigenvalue weighted by Gasteiger charge is 2.26. The van der Waals surface area contributed by atoms with Crippen molar-refractivity contribution in [3.8, 4) is 0 Å². The maximum Gasteiger partial charge on any atom is 0.272 e. The molecule has 10 heteroatoms. The van der Waals surface area contributed by atoms with E-state index in [0.717, 1.165) is 74.7 Å². The molecule has 176 valence electrons. The van der Waals surface area contributed by atoms with Gasteiger partial charge in [-0.05, 0) is 57.4 Å². The number of hydrogen-bond donors (Lipinski definition) is 2. The van der Waals surface area contributed by atoms with Gasteiger partial charge in [0, 0.05) is 37.8 Å². The van der Waals surface area contributed by atoms with Gasteiger partial charge in [-0.25, -0.2) is 9.37 Å². The average molecular weight is 457 g/mol. The maximum atomic E-state index is 14.1. The molecule has 0 unspecified atom stereocenters. The quantitative estimate of drug-likeness (QED) is 0.504. The number of amides is 1. The fraction of sp³-hybridized carbons (Fsp3) is 0.522. The van der Waals surface area contributed by atoms with Crippen LogP contribution in [-0.2, 0) is 12.8 Å². The molecule has 0 atom stereocenters. The number of halogens is 1. The molecule has 1 amide bonds. The number of rotatable bonds is 6. The van der Waals surface area contributed by atoms with Crippen LogP contribution in [0.25, 0.3) is 0 Å². The standard InChI is InChI=1S/C23H29FN6O3/c1-29(2)21-18-5-3-4-6-20(18)27-23(28-21)26-15-9-7-14(8-10-15)25-22(31)17-12-11-16(30(32)33)13-19(17)24/h11-15H,3-10H2,1-2H3,(H,25,31)(H,26,27,28)/t14-,15+. The van der Waals surface area contributed by atoms with E-state index in [0.29, 0.717) is 5.95 Å². The molecule has 4 rings (SSSR count). The number of fused-ring (bicyclic) bond motifs is 1. The molecule has 2 aromatic rings. The molecule has 2 aliphatic carbocycles. The number of nitro benzene ring substituents is 1. The molecule has 9 nitrogen and oxygen atoms in total. The molecular formula is C23H29FN6O3. The van der Waals surface area contributed by atoms with Gasteiger partial charge in [-0.2, -0.15) is 4.98 Å². The first-order chi connectivity index (χ1) is 15.8. The Kier molecular flexibility index (Phi) is 6.71. The third-order valence-corrected chi connectivity index (χ3v) is 6.39. The van der Waals surface area contributed by atoms with Crippen LogP contribution < -0.4 is 15.5 Å². The fourth-order valence-electron chi connectivity index (χ4n) is 4.64. The zero-order chi connectivity index (χ0) is 23.5. The Labute approximate surface area is 191 Å². The molecule has 0 radical (unpaired) electrons. The van der Waals surface area contributed by atoms with E-state index < -0.39 is 16.6 Å². The number of aromatic nitrogens is 2. The topological polar surface area (TPSA) is 113 Å². The van der Waals surface area contributed by atoms with E-state index >= 15 is 0 Å². The molecule has 0 aliphatic heterocycles. The molecule has 0 saturated heterocycles. The molecule has 1 saturated carbocycles. The van der Waals surface area contributed by atoms with Crippen molar-refractivity contribution in [2.75, 3.05) is 24.3 Å². The van der Waals surface area contributed by atoms with E-state index in [2.05, 4.69) is 10.6 Å².